The van der Waals surface area contributed by atoms with Gasteiger partial charge in [0.2, 0.25) is 5.91 Å². The molecule has 0 spiro atoms. The van der Waals surface area contributed by atoms with E-state index in [1.54, 1.807) is 25.1 Å². The Hall–Kier alpha value is -2.73. The third kappa shape index (κ3) is 3.78. The highest BCUT2D eigenvalue weighted by atomic mass is 32.1. The lowest BCUT2D eigenvalue weighted by atomic mass is 10.1. The fourth-order valence-electron chi connectivity index (χ4n) is 2.26. The van der Waals surface area contributed by atoms with E-state index in [1.807, 2.05) is 30.3 Å². The number of carbonyl (C=O) groups is 2. The SMILES string of the molecule is CCOC(=O)c1ccc2nc(NC(=O)Cc3ccccc3)sc2c1. The van der Waals surface area contributed by atoms with Crippen molar-refractivity contribution >= 4 is 38.6 Å². The van der Waals surface area contributed by atoms with Crippen LogP contribution in [0.5, 0.6) is 0 Å². The van der Waals surface area contributed by atoms with Crippen LogP contribution in [0.25, 0.3) is 10.2 Å². The molecule has 1 N–H and O–H groups in total. The molecule has 24 heavy (non-hydrogen) atoms. The van der Waals surface area contributed by atoms with E-state index in [0.29, 0.717) is 23.7 Å². The Balaban J connectivity index is 1.73. The van der Waals surface area contributed by atoms with Gasteiger partial charge in [-0.3, -0.25) is 4.79 Å². The van der Waals surface area contributed by atoms with Gasteiger partial charge in [-0.05, 0) is 30.7 Å². The lowest BCUT2D eigenvalue weighted by molar-refractivity contribution is -0.115. The van der Waals surface area contributed by atoms with Crippen molar-refractivity contribution in [2.45, 2.75) is 13.3 Å². The molecule has 0 aliphatic heterocycles. The largest absolute Gasteiger partial charge is 0.462 e. The molecule has 3 aromatic rings. The van der Waals surface area contributed by atoms with Crippen molar-refractivity contribution in [3.8, 4) is 0 Å². The number of hydrogen-bond acceptors (Lipinski definition) is 5. The van der Waals surface area contributed by atoms with Crippen LogP contribution in [-0.2, 0) is 16.0 Å². The highest BCUT2D eigenvalue weighted by Crippen LogP contribution is 2.27. The molecule has 2 aromatic carbocycles. The third-order valence-electron chi connectivity index (χ3n) is 3.35. The molecule has 6 heteroatoms. The van der Waals surface area contributed by atoms with Crippen molar-refractivity contribution in [1.82, 2.24) is 4.98 Å². The number of fused-ring (bicyclic) bond motifs is 1. The molecule has 0 unspecified atom stereocenters. The van der Waals surface area contributed by atoms with Crippen molar-refractivity contribution in [2.24, 2.45) is 0 Å². The number of hydrogen-bond donors (Lipinski definition) is 1. The molecule has 0 aliphatic rings. The first-order valence-corrected chi connectivity index (χ1v) is 8.39. The Bertz CT molecular complexity index is 874. The van der Waals surface area contributed by atoms with Crippen LogP contribution in [0.2, 0.25) is 0 Å². The fraction of sp³-hybridized carbons (Fsp3) is 0.167. The number of thiazole rings is 1. The lowest BCUT2D eigenvalue weighted by Gasteiger charge is -2.01. The second-order valence-electron chi connectivity index (χ2n) is 5.13. The first-order valence-electron chi connectivity index (χ1n) is 7.57. The number of aromatic nitrogens is 1. The van der Waals surface area contributed by atoms with Gasteiger partial charge in [0.05, 0.1) is 28.8 Å². The summed E-state index contributed by atoms with van der Waals surface area (Å²) in [4.78, 5) is 28.2. The van der Waals surface area contributed by atoms with Gasteiger partial charge in [0.15, 0.2) is 5.13 Å². The van der Waals surface area contributed by atoms with Crippen molar-refractivity contribution in [2.75, 3.05) is 11.9 Å². The molecule has 0 bridgehead atoms. The molecule has 1 amide bonds. The van der Waals surface area contributed by atoms with Crippen LogP contribution in [0.1, 0.15) is 22.8 Å². The molecule has 0 saturated heterocycles. The van der Waals surface area contributed by atoms with Crippen LogP contribution in [0, 0.1) is 0 Å². The minimum atomic E-state index is -0.359. The Morgan fingerprint density at radius 3 is 2.71 bits per heavy atom. The van der Waals surface area contributed by atoms with Gasteiger partial charge in [0.25, 0.3) is 0 Å². The second kappa shape index (κ2) is 7.23. The van der Waals surface area contributed by atoms with Crippen LogP contribution < -0.4 is 5.32 Å². The van der Waals surface area contributed by atoms with E-state index in [0.717, 1.165) is 15.8 Å². The Morgan fingerprint density at radius 1 is 1.17 bits per heavy atom. The van der Waals surface area contributed by atoms with E-state index in [-0.39, 0.29) is 11.9 Å². The normalized spacial score (nSPS) is 10.5. The number of ether oxygens (including phenoxy) is 1. The summed E-state index contributed by atoms with van der Waals surface area (Å²) in [6.45, 7) is 2.10. The quantitative estimate of drug-likeness (QED) is 0.720. The predicted molar refractivity (Wildman–Crippen MR) is 94.4 cm³/mol. The van der Waals surface area contributed by atoms with E-state index >= 15 is 0 Å². The zero-order valence-corrected chi connectivity index (χ0v) is 13.9. The summed E-state index contributed by atoms with van der Waals surface area (Å²) in [6.07, 6.45) is 0.296. The maximum absolute atomic E-state index is 12.1. The molecule has 1 heterocycles. The van der Waals surface area contributed by atoms with Crippen LogP contribution >= 0.6 is 11.3 Å². The molecule has 0 saturated carbocycles. The molecule has 0 atom stereocenters. The van der Waals surface area contributed by atoms with Crippen molar-refractivity contribution < 1.29 is 14.3 Å². The average Bonchev–Trinajstić information content (AvgIpc) is 2.97. The maximum Gasteiger partial charge on any atom is 0.338 e. The lowest BCUT2D eigenvalue weighted by Crippen LogP contribution is -2.13. The summed E-state index contributed by atoms with van der Waals surface area (Å²) in [7, 11) is 0. The maximum atomic E-state index is 12.1. The van der Waals surface area contributed by atoms with E-state index in [2.05, 4.69) is 10.3 Å². The van der Waals surface area contributed by atoms with Gasteiger partial charge in [0, 0.05) is 0 Å². The number of rotatable bonds is 5. The summed E-state index contributed by atoms with van der Waals surface area (Å²) in [5.74, 6) is -0.478. The molecule has 0 radical (unpaired) electrons. The smallest absolute Gasteiger partial charge is 0.338 e. The van der Waals surface area contributed by atoms with E-state index in [4.69, 9.17) is 4.74 Å². The number of nitrogens with zero attached hydrogens (tertiary/aromatic N) is 1. The summed E-state index contributed by atoms with van der Waals surface area (Å²) < 4.78 is 5.82. The summed E-state index contributed by atoms with van der Waals surface area (Å²) in [5, 5.41) is 3.33. The molecular weight excluding hydrogens is 324 g/mol. The highest BCUT2D eigenvalue weighted by molar-refractivity contribution is 7.22. The molecule has 1 aromatic heterocycles. The Kier molecular flexibility index (Phi) is 4.86. The molecule has 3 rings (SSSR count). The second-order valence-corrected chi connectivity index (χ2v) is 6.16. The van der Waals surface area contributed by atoms with Gasteiger partial charge >= 0.3 is 5.97 Å². The Labute approximate surface area is 143 Å². The minimum Gasteiger partial charge on any atom is -0.462 e. The zero-order chi connectivity index (χ0) is 16.9. The van der Waals surface area contributed by atoms with Crippen molar-refractivity contribution in [3.05, 3.63) is 59.7 Å². The number of amides is 1. The Morgan fingerprint density at radius 2 is 1.96 bits per heavy atom. The van der Waals surface area contributed by atoms with E-state index in [1.165, 1.54) is 11.3 Å². The van der Waals surface area contributed by atoms with Gasteiger partial charge in [-0.25, -0.2) is 9.78 Å². The number of carbonyl (C=O) groups excluding carboxylic acids is 2. The van der Waals surface area contributed by atoms with Crippen LogP contribution in [0.4, 0.5) is 5.13 Å². The summed E-state index contributed by atoms with van der Waals surface area (Å²) in [5.41, 5.74) is 2.17. The molecular formula is C18H16N2O3S. The van der Waals surface area contributed by atoms with E-state index in [9.17, 15) is 9.59 Å². The number of esters is 1. The average molecular weight is 340 g/mol. The standard InChI is InChI=1S/C18H16N2O3S/c1-2-23-17(22)13-8-9-14-15(11-13)24-18(19-14)20-16(21)10-12-6-4-3-5-7-12/h3-9,11H,2,10H2,1H3,(H,19,20,21). The number of nitrogens with one attached hydrogen (secondary N) is 1. The molecule has 122 valence electrons. The van der Waals surface area contributed by atoms with Crippen molar-refractivity contribution in [3.63, 3.8) is 0 Å². The molecule has 5 nitrogen and oxygen atoms in total. The highest BCUT2D eigenvalue weighted by Gasteiger charge is 2.12. The summed E-state index contributed by atoms with van der Waals surface area (Å²) >= 11 is 1.33. The number of anilines is 1. The van der Waals surface area contributed by atoms with Gasteiger partial charge < -0.3 is 10.1 Å². The van der Waals surface area contributed by atoms with Gasteiger partial charge in [-0.15, -0.1) is 0 Å². The van der Waals surface area contributed by atoms with Gasteiger partial charge in [-0.2, -0.15) is 0 Å². The van der Waals surface area contributed by atoms with Crippen LogP contribution in [0.15, 0.2) is 48.5 Å². The van der Waals surface area contributed by atoms with Crippen LogP contribution in [-0.4, -0.2) is 23.5 Å². The topological polar surface area (TPSA) is 68.3 Å². The van der Waals surface area contributed by atoms with Crippen molar-refractivity contribution in [1.29, 1.82) is 0 Å². The fourth-order valence-corrected chi connectivity index (χ4v) is 3.19. The number of benzene rings is 2. The zero-order valence-electron chi connectivity index (χ0n) is 13.1. The van der Waals surface area contributed by atoms with Crippen LogP contribution in [0.3, 0.4) is 0 Å². The first kappa shape index (κ1) is 16.1. The molecule has 0 aliphatic carbocycles. The van der Waals surface area contributed by atoms with Gasteiger partial charge in [-0.1, -0.05) is 41.7 Å². The monoisotopic (exact) mass is 340 g/mol. The predicted octanol–water partition coefficient (Wildman–Crippen LogP) is 3.65. The van der Waals surface area contributed by atoms with Gasteiger partial charge in [0.1, 0.15) is 0 Å². The summed E-state index contributed by atoms with van der Waals surface area (Å²) in [6, 6.07) is 14.7. The molecule has 0 fully saturated rings. The van der Waals surface area contributed by atoms with E-state index < -0.39 is 0 Å². The third-order valence-corrected chi connectivity index (χ3v) is 4.29. The minimum absolute atomic E-state index is 0.120. The first-order chi connectivity index (χ1) is 11.7.